The SMILES string of the molecule is COc1ccc(CN(C)C(=O)c2ccc(COc3ccc4c(c3)CCC(=O)N4)o2)cc1. The molecule has 0 atom stereocenters. The highest BCUT2D eigenvalue weighted by Gasteiger charge is 2.18. The number of benzene rings is 2. The minimum absolute atomic E-state index is 0.0332. The van der Waals surface area contributed by atoms with Crippen molar-refractivity contribution in [2.45, 2.75) is 26.0 Å². The van der Waals surface area contributed by atoms with Crippen LogP contribution in [0.15, 0.2) is 59.0 Å². The Kier molecular flexibility index (Phi) is 5.93. The number of furan rings is 1. The number of rotatable bonds is 7. The highest BCUT2D eigenvalue weighted by atomic mass is 16.5. The number of aryl methyl sites for hydroxylation is 1. The van der Waals surface area contributed by atoms with E-state index in [4.69, 9.17) is 13.9 Å². The zero-order chi connectivity index (χ0) is 21.8. The molecule has 7 nitrogen and oxygen atoms in total. The van der Waals surface area contributed by atoms with E-state index in [9.17, 15) is 9.59 Å². The molecule has 3 aromatic rings. The predicted octanol–water partition coefficient (Wildman–Crippen LogP) is 4.02. The number of fused-ring (bicyclic) bond motifs is 1. The molecule has 0 spiro atoms. The van der Waals surface area contributed by atoms with Crippen LogP contribution in [0.3, 0.4) is 0 Å². The summed E-state index contributed by atoms with van der Waals surface area (Å²) in [6, 6.07) is 16.6. The van der Waals surface area contributed by atoms with Gasteiger partial charge in [-0.2, -0.15) is 0 Å². The molecule has 0 aliphatic carbocycles. The Bertz CT molecular complexity index is 1090. The van der Waals surface area contributed by atoms with Gasteiger partial charge < -0.3 is 24.1 Å². The van der Waals surface area contributed by atoms with E-state index in [0.717, 1.165) is 22.6 Å². The first-order chi connectivity index (χ1) is 15.0. The van der Waals surface area contributed by atoms with E-state index in [0.29, 0.717) is 30.9 Å². The summed E-state index contributed by atoms with van der Waals surface area (Å²) in [5.41, 5.74) is 2.87. The van der Waals surface area contributed by atoms with Crippen molar-refractivity contribution < 1.29 is 23.5 Å². The van der Waals surface area contributed by atoms with Crippen molar-refractivity contribution in [3.63, 3.8) is 0 Å². The fraction of sp³-hybridized carbons (Fsp3) is 0.250. The Labute approximate surface area is 180 Å². The summed E-state index contributed by atoms with van der Waals surface area (Å²) in [6.45, 7) is 0.668. The van der Waals surface area contributed by atoms with E-state index in [1.54, 1.807) is 31.2 Å². The molecular weight excluding hydrogens is 396 g/mol. The fourth-order valence-electron chi connectivity index (χ4n) is 3.44. The zero-order valence-electron chi connectivity index (χ0n) is 17.5. The van der Waals surface area contributed by atoms with Crippen molar-refractivity contribution in [1.82, 2.24) is 4.90 Å². The van der Waals surface area contributed by atoms with E-state index in [-0.39, 0.29) is 24.2 Å². The first-order valence-corrected chi connectivity index (χ1v) is 10.0. The maximum absolute atomic E-state index is 12.7. The fourth-order valence-corrected chi connectivity index (χ4v) is 3.44. The minimum Gasteiger partial charge on any atom is -0.497 e. The van der Waals surface area contributed by atoms with Crippen LogP contribution < -0.4 is 14.8 Å². The smallest absolute Gasteiger partial charge is 0.289 e. The third kappa shape index (κ3) is 4.88. The van der Waals surface area contributed by atoms with Crippen LogP contribution in [0.1, 0.15) is 33.9 Å². The summed E-state index contributed by atoms with van der Waals surface area (Å²) >= 11 is 0. The average Bonchev–Trinajstić information content (AvgIpc) is 3.26. The van der Waals surface area contributed by atoms with E-state index < -0.39 is 0 Å². The Morgan fingerprint density at radius 1 is 1.06 bits per heavy atom. The number of methoxy groups -OCH3 is 1. The number of amides is 2. The molecule has 0 saturated carbocycles. The van der Waals surface area contributed by atoms with Gasteiger partial charge in [0.05, 0.1) is 7.11 Å². The van der Waals surface area contributed by atoms with Gasteiger partial charge in [-0.05, 0) is 60.0 Å². The van der Waals surface area contributed by atoms with Crippen LogP contribution in [0.4, 0.5) is 5.69 Å². The van der Waals surface area contributed by atoms with E-state index in [1.165, 1.54) is 0 Å². The molecule has 2 heterocycles. The molecule has 2 amide bonds. The molecule has 1 N–H and O–H groups in total. The number of hydrogen-bond acceptors (Lipinski definition) is 5. The second-order valence-corrected chi connectivity index (χ2v) is 7.43. The molecular formula is C24H24N2O5. The van der Waals surface area contributed by atoms with E-state index in [2.05, 4.69) is 5.32 Å². The van der Waals surface area contributed by atoms with Crippen LogP contribution in [0, 0.1) is 0 Å². The molecule has 0 unspecified atom stereocenters. The number of anilines is 1. The second kappa shape index (κ2) is 8.95. The lowest BCUT2D eigenvalue weighted by molar-refractivity contribution is -0.116. The molecule has 0 radical (unpaired) electrons. The van der Waals surface area contributed by atoms with Crippen LogP contribution in [0.5, 0.6) is 11.5 Å². The maximum atomic E-state index is 12.7. The number of hydrogen-bond donors (Lipinski definition) is 1. The Morgan fingerprint density at radius 2 is 1.84 bits per heavy atom. The normalized spacial score (nSPS) is 12.6. The monoisotopic (exact) mass is 420 g/mol. The summed E-state index contributed by atoms with van der Waals surface area (Å²) in [5.74, 6) is 2.13. The third-order valence-electron chi connectivity index (χ3n) is 5.15. The first kappa shape index (κ1) is 20.5. The van der Waals surface area contributed by atoms with Crippen LogP contribution in [-0.2, 0) is 24.4 Å². The molecule has 0 bridgehead atoms. The lowest BCUT2D eigenvalue weighted by atomic mass is 10.0. The quantitative estimate of drug-likeness (QED) is 0.624. The topological polar surface area (TPSA) is 81.0 Å². The largest absolute Gasteiger partial charge is 0.497 e. The van der Waals surface area contributed by atoms with Gasteiger partial charge in [-0.25, -0.2) is 0 Å². The first-order valence-electron chi connectivity index (χ1n) is 10.0. The molecule has 0 saturated heterocycles. The Hall–Kier alpha value is -3.74. The highest BCUT2D eigenvalue weighted by molar-refractivity contribution is 5.94. The number of carbonyl (C=O) groups excluding carboxylic acids is 2. The summed E-state index contributed by atoms with van der Waals surface area (Å²) in [7, 11) is 3.35. The van der Waals surface area contributed by atoms with Crippen molar-refractivity contribution in [2.24, 2.45) is 0 Å². The van der Waals surface area contributed by atoms with Gasteiger partial charge in [-0.3, -0.25) is 9.59 Å². The van der Waals surface area contributed by atoms with Gasteiger partial charge in [0.25, 0.3) is 5.91 Å². The van der Waals surface area contributed by atoms with Crippen molar-refractivity contribution >= 4 is 17.5 Å². The minimum atomic E-state index is -0.202. The highest BCUT2D eigenvalue weighted by Crippen LogP contribution is 2.27. The average molecular weight is 420 g/mol. The summed E-state index contributed by atoms with van der Waals surface area (Å²) in [6.07, 6.45) is 1.17. The van der Waals surface area contributed by atoms with Crippen LogP contribution in [0.2, 0.25) is 0 Å². The molecule has 1 aromatic heterocycles. The number of carbonyl (C=O) groups is 2. The third-order valence-corrected chi connectivity index (χ3v) is 5.15. The van der Waals surface area contributed by atoms with Gasteiger partial charge in [0.1, 0.15) is 23.9 Å². The Balaban J connectivity index is 1.34. The van der Waals surface area contributed by atoms with Crippen LogP contribution in [0.25, 0.3) is 0 Å². The standard InChI is InChI=1S/C24H24N2O5/c1-26(14-16-3-6-18(29-2)7-4-16)24(28)22-11-9-20(31-22)15-30-19-8-10-21-17(13-19)5-12-23(27)25-21/h3-4,6-11,13H,5,12,14-15H2,1-2H3,(H,25,27). The molecule has 7 heteroatoms. The van der Waals surface area contributed by atoms with Crippen LogP contribution in [-0.4, -0.2) is 30.9 Å². The molecule has 31 heavy (non-hydrogen) atoms. The van der Waals surface area contributed by atoms with Gasteiger partial charge in [0.15, 0.2) is 5.76 Å². The molecule has 1 aliphatic heterocycles. The molecule has 2 aromatic carbocycles. The molecule has 0 fully saturated rings. The van der Waals surface area contributed by atoms with Crippen molar-refractivity contribution in [2.75, 3.05) is 19.5 Å². The number of nitrogens with zero attached hydrogens (tertiary/aromatic N) is 1. The van der Waals surface area contributed by atoms with Crippen molar-refractivity contribution in [1.29, 1.82) is 0 Å². The lowest BCUT2D eigenvalue weighted by Crippen LogP contribution is -2.25. The number of ether oxygens (including phenoxy) is 2. The van der Waals surface area contributed by atoms with Gasteiger partial charge >= 0.3 is 0 Å². The van der Waals surface area contributed by atoms with E-state index in [1.807, 2.05) is 42.5 Å². The summed E-state index contributed by atoms with van der Waals surface area (Å²) in [4.78, 5) is 25.7. The molecule has 4 rings (SSSR count). The second-order valence-electron chi connectivity index (χ2n) is 7.43. The molecule has 1 aliphatic rings. The van der Waals surface area contributed by atoms with Crippen LogP contribution >= 0.6 is 0 Å². The Morgan fingerprint density at radius 3 is 2.61 bits per heavy atom. The van der Waals surface area contributed by atoms with E-state index >= 15 is 0 Å². The number of nitrogens with one attached hydrogen (secondary N) is 1. The summed E-state index contributed by atoms with van der Waals surface area (Å²) in [5, 5.41) is 2.85. The zero-order valence-corrected chi connectivity index (χ0v) is 17.5. The van der Waals surface area contributed by atoms with Gasteiger partial charge in [-0.15, -0.1) is 0 Å². The predicted molar refractivity (Wildman–Crippen MR) is 115 cm³/mol. The lowest BCUT2D eigenvalue weighted by Gasteiger charge is -2.17. The van der Waals surface area contributed by atoms with Crippen molar-refractivity contribution in [3.8, 4) is 11.5 Å². The summed E-state index contributed by atoms with van der Waals surface area (Å²) < 4.78 is 16.7. The van der Waals surface area contributed by atoms with Gasteiger partial charge in [-0.1, -0.05) is 12.1 Å². The van der Waals surface area contributed by atoms with Crippen molar-refractivity contribution in [3.05, 3.63) is 77.2 Å². The van der Waals surface area contributed by atoms with Gasteiger partial charge in [0, 0.05) is 25.7 Å². The molecule has 160 valence electrons. The maximum Gasteiger partial charge on any atom is 0.289 e. The van der Waals surface area contributed by atoms with Gasteiger partial charge in [0.2, 0.25) is 5.91 Å².